The molecular weight excluding hydrogens is 290 g/mol. The highest BCUT2D eigenvalue weighted by Gasteiger charge is 2.49. The zero-order valence-electron chi connectivity index (χ0n) is 9.76. The summed E-state index contributed by atoms with van der Waals surface area (Å²) in [6.45, 7) is 2.95. The van der Waals surface area contributed by atoms with E-state index in [2.05, 4.69) is 0 Å². The third-order valence-corrected chi connectivity index (χ3v) is 3.53. The lowest BCUT2D eigenvalue weighted by Gasteiger charge is -2.14. The Labute approximate surface area is 109 Å². The van der Waals surface area contributed by atoms with Crippen molar-refractivity contribution in [1.82, 2.24) is 0 Å². The van der Waals surface area contributed by atoms with Crippen LogP contribution in [0.3, 0.4) is 0 Å². The van der Waals surface area contributed by atoms with Crippen LogP contribution in [0.2, 0.25) is 0 Å². The van der Waals surface area contributed by atoms with Crippen LogP contribution in [0.4, 0.5) is 22.6 Å². The predicted molar refractivity (Wildman–Crippen MR) is 60.3 cm³/mol. The molecule has 0 aliphatic heterocycles. The van der Waals surface area contributed by atoms with Crippen molar-refractivity contribution in [1.29, 1.82) is 0 Å². The number of rotatable bonds is 4. The van der Waals surface area contributed by atoms with Gasteiger partial charge in [0.05, 0.1) is 5.56 Å². The molecule has 0 saturated carbocycles. The molecule has 1 heterocycles. The molecule has 0 unspecified atom stereocenters. The second-order valence-corrected chi connectivity index (χ2v) is 4.90. The van der Waals surface area contributed by atoms with Crippen molar-refractivity contribution in [2.45, 2.75) is 26.2 Å². The molecule has 0 saturated heterocycles. The molecule has 1 amide bonds. The summed E-state index contributed by atoms with van der Waals surface area (Å²) in [7, 11) is 0. The summed E-state index contributed by atoms with van der Waals surface area (Å²) in [4.78, 5) is 22.5. The molecule has 1 aromatic heterocycles. The molecule has 0 aliphatic carbocycles. The average molecular weight is 299 g/mol. The summed E-state index contributed by atoms with van der Waals surface area (Å²) >= 11 is 0.734. The van der Waals surface area contributed by atoms with Crippen molar-refractivity contribution in [3.8, 4) is 0 Å². The summed E-state index contributed by atoms with van der Waals surface area (Å²) in [5.41, 5.74) is -0.0888. The molecule has 0 spiro atoms. The lowest BCUT2D eigenvalue weighted by Crippen LogP contribution is -2.41. The molecular formula is C10H9F4NO3S. The van der Waals surface area contributed by atoms with E-state index < -0.39 is 24.2 Å². The Hall–Kier alpha value is -1.64. The molecule has 0 radical (unpaired) electrons. The van der Waals surface area contributed by atoms with Gasteiger partial charge in [0.25, 0.3) is 0 Å². The molecule has 9 heteroatoms. The molecule has 0 bridgehead atoms. The van der Waals surface area contributed by atoms with Crippen molar-refractivity contribution < 1.29 is 32.3 Å². The van der Waals surface area contributed by atoms with Crippen LogP contribution in [0.5, 0.6) is 0 Å². The Morgan fingerprint density at radius 2 is 1.84 bits per heavy atom. The van der Waals surface area contributed by atoms with Crippen LogP contribution >= 0.6 is 11.3 Å². The van der Waals surface area contributed by atoms with Gasteiger partial charge in [0.15, 0.2) is 0 Å². The van der Waals surface area contributed by atoms with Crippen LogP contribution in [0.1, 0.15) is 20.8 Å². The van der Waals surface area contributed by atoms with E-state index in [1.54, 1.807) is 5.32 Å². The Balaban J connectivity index is 3.11. The van der Waals surface area contributed by atoms with Gasteiger partial charge in [0, 0.05) is 4.88 Å². The number of aryl methyl sites for hydroxylation is 1. The smallest absolute Gasteiger partial charge is 0.383 e. The van der Waals surface area contributed by atoms with Crippen molar-refractivity contribution >= 4 is 28.2 Å². The fraction of sp³-hybridized carbons (Fsp3) is 0.400. The first-order chi connectivity index (χ1) is 8.59. The highest BCUT2D eigenvalue weighted by atomic mass is 32.1. The second-order valence-electron chi connectivity index (χ2n) is 3.67. The molecule has 0 aromatic carbocycles. The minimum absolute atomic E-state index is 0.285. The number of nitrogens with one attached hydrogen (secondary N) is 1. The summed E-state index contributed by atoms with van der Waals surface area (Å²) in [6, 6.07) is 0. The van der Waals surface area contributed by atoms with Crippen molar-refractivity contribution in [3.63, 3.8) is 0 Å². The van der Waals surface area contributed by atoms with E-state index in [-0.39, 0.29) is 16.1 Å². The van der Waals surface area contributed by atoms with E-state index in [0.717, 1.165) is 11.3 Å². The van der Waals surface area contributed by atoms with Gasteiger partial charge in [-0.25, -0.2) is 13.6 Å². The first kappa shape index (κ1) is 15.4. The third kappa shape index (κ3) is 2.86. The molecule has 1 rings (SSSR count). The monoisotopic (exact) mass is 299 g/mol. The van der Waals surface area contributed by atoms with Gasteiger partial charge in [-0.2, -0.15) is 8.78 Å². The van der Waals surface area contributed by atoms with Gasteiger partial charge in [-0.15, -0.1) is 11.3 Å². The van der Waals surface area contributed by atoms with Crippen LogP contribution in [0.15, 0.2) is 0 Å². The largest absolute Gasteiger partial charge is 0.478 e. The molecule has 2 N–H and O–H groups in total. The SMILES string of the molecule is Cc1sc(NC(=O)C(F)(F)C(F)F)c(C(=O)O)c1C. The van der Waals surface area contributed by atoms with Crippen LogP contribution in [0.25, 0.3) is 0 Å². The first-order valence-corrected chi connectivity index (χ1v) is 5.71. The minimum Gasteiger partial charge on any atom is -0.478 e. The number of hydrogen-bond donors (Lipinski definition) is 2. The fourth-order valence-electron chi connectivity index (χ4n) is 1.26. The lowest BCUT2D eigenvalue weighted by atomic mass is 10.1. The van der Waals surface area contributed by atoms with E-state index in [1.807, 2.05) is 0 Å². The average Bonchev–Trinajstić information content (AvgIpc) is 2.53. The molecule has 0 fully saturated rings. The quantitative estimate of drug-likeness (QED) is 0.840. The van der Waals surface area contributed by atoms with Crippen LogP contribution in [-0.2, 0) is 4.79 Å². The number of carboxylic acids is 1. The van der Waals surface area contributed by atoms with Crippen LogP contribution < -0.4 is 5.32 Å². The number of aromatic carboxylic acids is 1. The van der Waals surface area contributed by atoms with Gasteiger partial charge in [0.1, 0.15) is 5.00 Å². The number of amides is 1. The minimum atomic E-state index is -4.87. The molecule has 0 aliphatic rings. The van der Waals surface area contributed by atoms with E-state index >= 15 is 0 Å². The van der Waals surface area contributed by atoms with Gasteiger partial charge in [-0.05, 0) is 19.4 Å². The van der Waals surface area contributed by atoms with E-state index in [4.69, 9.17) is 5.11 Å². The number of carbonyl (C=O) groups is 2. The fourth-order valence-corrected chi connectivity index (χ4v) is 2.31. The van der Waals surface area contributed by atoms with Crippen molar-refractivity contribution in [3.05, 3.63) is 16.0 Å². The highest BCUT2D eigenvalue weighted by molar-refractivity contribution is 7.16. The molecule has 0 atom stereocenters. The van der Waals surface area contributed by atoms with E-state index in [1.165, 1.54) is 13.8 Å². The molecule has 1 aromatic rings. The van der Waals surface area contributed by atoms with Gasteiger partial charge >= 0.3 is 24.2 Å². The van der Waals surface area contributed by atoms with Crippen LogP contribution in [-0.4, -0.2) is 29.3 Å². The zero-order valence-corrected chi connectivity index (χ0v) is 10.6. The Morgan fingerprint density at radius 1 is 1.32 bits per heavy atom. The molecule has 19 heavy (non-hydrogen) atoms. The highest BCUT2D eigenvalue weighted by Crippen LogP contribution is 2.34. The lowest BCUT2D eigenvalue weighted by molar-refractivity contribution is -0.163. The summed E-state index contributed by atoms with van der Waals surface area (Å²) in [5, 5.41) is 10.1. The van der Waals surface area contributed by atoms with Gasteiger partial charge < -0.3 is 10.4 Å². The van der Waals surface area contributed by atoms with E-state index in [0.29, 0.717) is 4.88 Å². The third-order valence-electron chi connectivity index (χ3n) is 2.40. The second kappa shape index (κ2) is 5.16. The standard InChI is InChI=1S/C10H9F4NO3S/c1-3-4(2)19-6(5(3)7(16)17)15-9(18)10(13,14)8(11)12/h8H,1-2H3,(H,15,18)(H,16,17). The number of alkyl halides is 4. The van der Waals surface area contributed by atoms with Crippen LogP contribution in [0, 0.1) is 13.8 Å². The first-order valence-electron chi connectivity index (χ1n) is 4.89. The summed E-state index contributed by atoms with van der Waals surface area (Å²) in [5.74, 6) is -8.54. The maximum absolute atomic E-state index is 12.8. The molecule has 106 valence electrons. The van der Waals surface area contributed by atoms with Gasteiger partial charge in [-0.1, -0.05) is 0 Å². The summed E-state index contributed by atoms with van der Waals surface area (Å²) in [6.07, 6.45) is -4.16. The number of carboxylic acid groups (broad SMARTS) is 1. The number of halogens is 4. The van der Waals surface area contributed by atoms with Crippen molar-refractivity contribution in [2.75, 3.05) is 5.32 Å². The normalized spacial score (nSPS) is 11.7. The predicted octanol–water partition coefficient (Wildman–Crippen LogP) is 2.90. The Morgan fingerprint density at radius 3 is 2.26 bits per heavy atom. The summed E-state index contributed by atoms with van der Waals surface area (Å²) < 4.78 is 49.5. The molecule has 4 nitrogen and oxygen atoms in total. The van der Waals surface area contributed by atoms with Crippen molar-refractivity contribution in [2.24, 2.45) is 0 Å². The Bertz CT molecular complexity index is 527. The number of thiophene rings is 1. The maximum Gasteiger partial charge on any atom is 0.383 e. The van der Waals surface area contributed by atoms with Gasteiger partial charge in [0.2, 0.25) is 0 Å². The number of carbonyl (C=O) groups excluding carboxylic acids is 1. The Kier molecular flexibility index (Phi) is 4.18. The topological polar surface area (TPSA) is 66.4 Å². The van der Waals surface area contributed by atoms with Gasteiger partial charge in [-0.3, -0.25) is 4.79 Å². The maximum atomic E-state index is 12.8. The van der Waals surface area contributed by atoms with E-state index in [9.17, 15) is 27.2 Å². The number of hydrogen-bond acceptors (Lipinski definition) is 3. The number of anilines is 1. The zero-order chi connectivity index (χ0) is 15.0.